The van der Waals surface area contributed by atoms with Crippen LogP contribution in [0.15, 0.2) is 36.4 Å². The monoisotopic (exact) mass is 393 g/mol. The average molecular weight is 394 g/mol. The number of nitrogens with one attached hydrogen (secondary N) is 2. The quantitative estimate of drug-likeness (QED) is 0.780. The maximum absolute atomic E-state index is 12.3. The highest BCUT2D eigenvalue weighted by Crippen LogP contribution is 2.24. The predicted molar refractivity (Wildman–Crippen MR) is 117 cm³/mol. The van der Waals surface area contributed by atoms with Crippen molar-refractivity contribution in [1.29, 1.82) is 0 Å². The number of anilines is 2. The van der Waals surface area contributed by atoms with Gasteiger partial charge in [0.15, 0.2) is 5.82 Å². The van der Waals surface area contributed by atoms with Crippen LogP contribution in [0.3, 0.4) is 0 Å². The molecule has 0 spiro atoms. The van der Waals surface area contributed by atoms with E-state index in [4.69, 9.17) is 0 Å². The lowest BCUT2D eigenvalue weighted by Crippen LogP contribution is -2.39. The standard InChI is InChI=1S/C23H31N5O/c1-17-12-14-28(15-13-17)22-11-10-21(26-27-22)18-6-5-9-20(16-18)25-23(29)24-19-7-3-2-4-8-19/h5-6,9-11,16-17,19H,2-4,7-8,12-15H2,1H3,(H2,24,25,29). The van der Waals surface area contributed by atoms with E-state index >= 15 is 0 Å². The van der Waals surface area contributed by atoms with Crippen LogP contribution in [0.2, 0.25) is 0 Å². The first-order valence-corrected chi connectivity index (χ1v) is 10.9. The van der Waals surface area contributed by atoms with Crippen molar-refractivity contribution in [2.75, 3.05) is 23.3 Å². The Bertz CT molecular complexity index is 808. The van der Waals surface area contributed by atoms with Gasteiger partial charge in [-0.3, -0.25) is 0 Å². The van der Waals surface area contributed by atoms with Gasteiger partial charge in [-0.1, -0.05) is 38.3 Å². The molecule has 2 N–H and O–H groups in total. The van der Waals surface area contributed by atoms with Gasteiger partial charge < -0.3 is 15.5 Å². The lowest BCUT2D eigenvalue weighted by Gasteiger charge is -2.30. The van der Waals surface area contributed by atoms with Crippen molar-refractivity contribution >= 4 is 17.5 Å². The summed E-state index contributed by atoms with van der Waals surface area (Å²) in [6, 6.07) is 12.0. The van der Waals surface area contributed by atoms with Crippen LogP contribution in [0.25, 0.3) is 11.3 Å². The van der Waals surface area contributed by atoms with E-state index in [2.05, 4.69) is 32.7 Å². The summed E-state index contributed by atoms with van der Waals surface area (Å²) >= 11 is 0. The van der Waals surface area contributed by atoms with Gasteiger partial charge in [-0.2, -0.15) is 0 Å². The molecule has 2 aliphatic rings. The zero-order valence-corrected chi connectivity index (χ0v) is 17.2. The number of amides is 2. The largest absolute Gasteiger partial charge is 0.355 e. The van der Waals surface area contributed by atoms with Crippen LogP contribution in [0, 0.1) is 5.92 Å². The second-order valence-electron chi connectivity index (χ2n) is 8.46. The molecule has 154 valence electrons. The molecule has 29 heavy (non-hydrogen) atoms. The summed E-state index contributed by atoms with van der Waals surface area (Å²) in [6.45, 7) is 4.40. The molecule has 0 unspecified atom stereocenters. The Morgan fingerprint density at radius 3 is 2.52 bits per heavy atom. The van der Waals surface area contributed by atoms with Crippen LogP contribution >= 0.6 is 0 Å². The number of piperidine rings is 1. The summed E-state index contributed by atoms with van der Waals surface area (Å²) in [5, 5.41) is 14.9. The zero-order chi connectivity index (χ0) is 20.1. The lowest BCUT2D eigenvalue weighted by atomic mass is 9.96. The lowest BCUT2D eigenvalue weighted by molar-refractivity contribution is 0.244. The average Bonchev–Trinajstić information content (AvgIpc) is 2.75. The molecule has 0 radical (unpaired) electrons. The minimum absolute atomic E-state index is 0.130. The van der Waals surface area contributed by atoms with E-state index in [9.17, 15) is 4.79 Å². The van der Waals surface area contributed by atoms with Gasteiger partial charge in [0.1, 0.15) is 0 Å². The van der Waals surface area contributed by atoms with Crippen LogP contribution in [-0.4, -0.2) is 35.4 Å². The summed E-state index contributed by atoms with van der Waals surface area (Å²) < 4.78 is 0. The van der Waals surface area contributed by atoms with E-state index in [0.717, 1.165) is 54.6 Å². The van der Waals surface area contributed by atoms with Gasteiger partial charge in [0.2, 0.25) is 0 Å². The van der Waals surface area contributed by atoms with Crippen LogP contribution in [0.5, 0.6) is 0 Å². The van der Waals surface area contributed by atoms with Crippen molar-refractivity contribution in [2.45, 2.75) is 57.9 Å². The van der Waals surface area contributed by atoms with Gasteiger partial charge in [-0.25, -0.2) is 4.79 Å². The first-order chi connectivity index (χ1) is 14.2. The zero-order valence-electron chi connectivity index (χ0n) is 17.2. The highest BCUT2D eigenvalue weighted by atomic mass is 16.2. The fourth-order valence-corrected chi connectivity index (χ4v) is 4.24. The molecule has 6 heteroatoms. The van der Waals surface area contributed by atoms with Crippen molar-refractivity contribution in [2.24, 2.45) is 5.92 Å². The van der Waals surface area contributed by atoms with E-state index < -0.39 is 0 Å². The first-order valence-electron chi connectivity index (χ1n) is 10.9. The molecular formula is C23H31N5O. The summed E-state index contributed by atoms with van der Waals surface area (Å²) in [4.78, 5) is 14.6. The number of rotatable bonds is 4. The molecule has 1 aliphatic carbocycles. The van der Waals surface area contributed by atoms with Gasteiger partial charge in [0, 0.05) is 30.4 Å². The summed E-state index contributed by atoms with van der Waals surface area (Å²) in [5.74, 6) is 1.74. The minimum Gasteiger partial charge on any atom is -0.355 e. The van der Waals surface area contributed by atoms with Crippen molar-refractivity contribution in [3.05, 3.63) is 36.4 Å². The van der Waals surface area contributed by atoms with Crippen molar-refractivity contribution < 1.29 is 4.79 Å². The van der Waals surface area contributed by atoms with E-state index in [-0.39, 0.29) is 6.03 Å². The Balaban J connectivity index is 1.38. The molecule has 2 amide bonds. The summed E-state index contributed by atoms with van der Waals surface area (Å²) in [6.07, 6.45) is 8.24. The third-order valence-corrected chi connectivity index (χ3v) is 6.11. The van der Waals surface area contributed by atoms with Crippen LogP contribution < -0.4 is 15.5 Å². The molecule has 1 saturated heterocycles. The Morgan fingerprint density at radius 2 is 1.79 bits per heavy atom. The van der Waals surface area contributed by atoms with E-state index in [0.29, 0.717) is 6.04 Å². The molecule has 0 atom stereocenters. The van der Waals surface area contributed by atoms with Crippen LogP contribution in [-0.2, 0) is 0 Å². The molecule has 6 nitrogen and oxygen atoms in total. The van der Waals surface area contributed by atoms with Crippen molar-refractivity contribution in [3.8, 4) is 11.3 Å². The number of carbonyl (C=O) groups excluding carboxylic acids is 1. The van der Waals surface area contributed by atoms with Crippen LogP contribution in [0.4, 0.5) is 16.3 Å². The topological polar surface area (TPSA) is 70.2 Å². The van der Waals surface area contributed by atoms with Crippen LogP contribution in [0.1, 0.15) is 51.9 Å². The van der Waals surface area contributed by atoms with Crippen molar-refractivity contribution in [3.63, 3.8) is 0 Å². The second-order valence-corrected chi connectivity index (χ2v) is 8.46. The Labute approximate surface area is 173 Å². The van der Waals surface area contributed by atoms with Gasteiger partial charge in [0.25, 0.3) is 0 Å². The minimum atomic E-state index is -0.130. The molecule has 2 aromatic rings. The van der Waals surface area contributed by atoms with Gasteiger partial charge in [-0.05, 0) is 55.9 Å². The number of nitrogens with zero attached hydrogens (tertiary/aromatic N) is 3. The van der Waals surface area contributed by atoms with E-state index in [1.165, 1.54) is 32.1 Å². The molecule has 1 aromatic carbocycles. The first kappa shape index (κ1) is 19.7. The normalized spacial score (nSPS) is 18.4. The molecule has 4 rings (SSSR count). The second kappa shape index (κ2) is 9.25. The SMILES string of the molecule is CC1CCN(c2ccc(-c3cccc(NC(=O)NC4CCCCC4)c3)nn2)CC1. The van der Waals surface area contributed by atoms with E-state index in [1.54, 1.807) is 0 Å². The van der Waals surface area contributed by atoms with Gasteiger partial charge in [0.05, 0.1) is 5.69 Å². The number of hydrogen-bond acceptors (Lipinski definition) is 4. The third kappa shape index (κ3) is 5.25. The number of urea groups is 1. The smallest absolute Gasteiger partial charge is 0.319 e. The Hall–Kier alpha value is -2.63. The Morgan fingerprint density at radius 1 is 1.00 bits per heavy atom. The molecule has 1 aromatic heterocycles. The molecule has 1 aliphatic heterocycles. The number of hydrogen-bond donors (Lipinski definition) is 2. The molecule has 0 bridgehead atoms. The third-order valence-electron chi connectivity index (χ3n) is 6.11. The molecule has 2 heterocycles. The highest BCUT2D eigenvalue weighted by Gasteiger charge is 2.18. The Kier molecular flexibility index (Phi) is 6.27. The molecule has 2 fully saturated rings. The maximum atomic E-state index is 12.3. The number of aromatic nitrogens is 2. The highest BCUT2D eigenvalue weighted by molar-refractivity contribution is 5.90. The number of carbonyl (C=O) groups is 1. The summed E-state index contributed by atoms with van der Waals surface area (Å²) in [5.41, 5.74) is 2.54. The van der Waals surface area contributed by atoms with E-state index in [1.807, 2.05) is 36.4 Å². The molecule has 1 saturated carbocycles. The molecular weight excluding hydrogens is 362 g/mol. The maximum Gasteiger partial charge on any atom is 0.319 e. The predicted octanol–water partition coefficient (Wildman–Crippen LogP) is 4.83. The fraction of sp³-hybridized carbons (Fsp3) is 0.522. The van der Waals surface area contributed by atoms with Gasteiger partial charge >= 0.3 is 6.03 Å². The fourth-order valence-electron chi connectivity index (χ4n) is 4.24. The van der Waals surface area contributed by atoms with Crippen molar-refractivity contribution in [1.82, 2.24) is 15.5 Å². The number of benzene rings is 1. The summed E-state index contributed by atoms with van der Waals surface area (Å²) in [7, 11) is 0. The van der Waals surface area contributed by atoms with Gasteiger partial charge in [-0.15, -0.1) is 10.2 Å².